The highest BCUT2D eigenvalue weighted by Crippen LogP contribution is 2.37. The predicted octanol–water partition coefficient (Wildman–Crippen LogP) is 2.69. The van der Waals surface area contributed by atoms with Crippen LogP contribution in [0.3, 0.4) is 0 Å². The topological polar surface area (TPSA) is 32.3 Å². The van der Waals surface area contributed by atoms with Gasteiger partial charge in [0.25, 0.3) is 0 Å². The summed E-state index contributed by atoms with van der Waals surface area (Å²) < 4.78 is 0. The largest absolute Gasteiger partial charge is 0.355 e. The van der Waals surface area contributed by atoms with E-state index in [9.17, 15) is 0 Å². The first kappa shape index (κ1) is 13.0. The molecule has 2 fully saturated rings. The second-order valence-corrected chi connectivity index (χ2v) is 6.45. The van der Waals surface area contributed by atoms with E-state index < -0.39 is 0 Å². The molecule has 0 aliphatic carbocycles. The highest BCUT2D eigenvalue weighted by Gasteiger charge is 2.41. The van der Waals surface area contributed by atoms with Crippen LogP contribution >= 0.6 is 0 Å². The maximum Gasteiger partial charge on any atom is 0.147 e. The van der Waals surface area contributed by atoms with Crippen LogP contribution < -0.4 is 4.90 Å². The molecule has 0 N–H and O–H groups in total. The molecule has 4 heteroatoms. The van der Waals surface area contributed by atoms with Gasteiger partial charge in [-0.3, -0.25) is 4.98 Å². The van der Waals surface area contributed by atoms with Gasteiger partial charge in [-0.15, -0.1) is 0 Å². The van der Waals surface area contributed by atoms with Crippen LogP contribution in [0.15, 0.2) is 30.5 Å². The molecule has 110 valence electrons. The zero-order chi connectivity index (χ0) is 14.3. The van der Waals surface area contributed by atoms with Gasteiger partial charge in [-0.1, -0.05) is 12.1 Å². The zero-order valence-electron chi connectivity index (χ0n) is 12.6. The van der Waals surface area contributed by atoms with E-state index in [1.54, 1.807) is 0 Å². The van der Waals surface area contributed by atoms with E-state index in [1.807, 2.05) is 30.5 Å². The lowest BCUT2D eigenvalue weighted by Crippen LogP contribution is -2.50. The molecule has 1 aromatic heterocycles. The minimum absolute atomic E-state index is 0.459. The number of hydrogen-bond acceptors (Lipinski definition) is 4. The highest BCUT2D eigenvalue weighted by atomic mass is 15.3. The quantitative estimate of drug-likeness (QED) is 0.805. The lowest BCUT2D eigenvalue weighted by Gasteiger charge is -2.44. The van der Waals surface area contributed by atoms with E-state index in [-0.39, 0.29) is 0 Å². The van der Waals surface area contributed by atoms with Crippen molar-refractivity contribution in [3.05, 3.63) is 30.5 Å². The molecule has 2 aliphatic rings. The fourth-order valence-electron chi connectivity index (χ4n) is 3.96. The summed E-state index contributed by atoms with van der Waals surface area (Å²) in [6.45, 7) is 3.45. The third-order valence-corrected chi connectivity index (χ3v) is 5.40. The molecule has 4 nitrogen and oxygen atoms in total. The van der Waals surface area contributed by atoms with Gasteiger partial charge in [0.15, 0.2) is 0 Å². The molecular weight excluding hydrogens is 260 g/mol. The number of para-hydroxylation sites is 2. The predicted molar refractivity (Wildman–Crippen MR) is 85.6 cm³/mol. The van der Waals surface area contributed by atoms with Gasteiger partial charge in [-0.05, 0) is 51.4 Å². The first-order valence-electron chi connectivity index (χ1n) is 7.95. The maximum atomic E-state index is 4.78. The van der Waals surface area contributed by atoms with Gasteiger partial charge in [0.2, 0.25) is 0 Å². The Morgan fingerprint density at radius 3 is 2.48 bits per heavy atom. The van der Waals surface area contributed by atoms with Crippen LogP contribution in [0, 0.1) is 0 Å². The molecule has 3 heterocycles. The summed E-state index contributed by atoms with van der Waals surface area (Å²) in [5.74, 6) is 1.03. The summed E-state index contributed by atoms with van der Waals surface area (Å²) in [5, 5.41) is 0. The van der Waals surface area contributed by atoms with Crippen LogP contribution in [0.4, 0.5) is 5.82 Å². The smallest absolute Gasteiger partial charge is 0.147 e. The summed E-state index contributed by atoms with van der Waals surface area (Å²) in [5.41, 5.74) is 2.43. The summed E-state index contributed by atoms with van der Waals surface area (Å²) >= 11 is 0. The van der Waals surface area contributed by atoms with Gasteiger partial charge in [0, 0.05) is 18.6 Å². The molecule has 2 aliphatic heterocycles. The second-order valence-electron chi connectivity index (χ2n) is 6.45. The Hall–Kier alpha value is -1.68. The molecule has 0 amide bonds. The summed E-state index contributed by atoms with van der Waals surface area (Å²) in [4.78, 5) is 14.3. The Morgan fingerprint density at radius 1 is 1.00 bits per heavy atom. The molecule has 4 rings (SSSR count). The SMILES string of the molecule is CN1CCCC12CCN(c1cnc3ccccc3n1)CC2. The van der Waals surface area contributed by atoms with Crippen molar-refractivity contribution in [3.63, 3.8) is 0 Å². The third-order valence-electron chi connectivity index (χ3n) is 5.40. The summed E-state index contributed by atoms with van der Waals surface area (Å²) in [6.07, 6.45) is 7.14. The average molecular weight is 282 g/mol. The molecular formula is C17H22N4. The van der Waals surface area contributed by atoms with Crippen molar-refractivity contribution in [3.8, 4) is 0 Å². The number of aromatic nitrogens is 2. The van der Waals surface area contributed by atoms with E-state index in [2.05, 4.69) is 21.8 Å². The van der Waals surface area contributed by atoms with Crippen molar-refractivity contribution in [1.29, 1.82) is 0 Å². The number of nitrogens with zero attached hydrogens (tertiary/aromatic N) is 4. The molecule has 0 unspecified atom stereocenters. The van der Waals surface area contributed by atoms with Crippen molar-refractivity contribution >= 4 is 16.9 Å². The minimum Gasteiger partial charge on any atom is -0.355 e. The van der Waals surface area contributed by atoms with E-state index in [0.717, 1.165) is 29.9 Å². The van der Waals surface area contributed by atoms with Crippen LogP contribution in [0.5, 0.6) is 0 Å². The van der Waals surface area contributed by atoms with E-state index in [1.165, 1.54) is 32.2 Å². The van der Waals surface area contributed by atoms with Crippen molar-refractivity contribution in [2.45, 2.75) is 31.2 Å². The average Bonchev–Trinajstić information content (AvgIpc) is 2.88. The molecule has 1 aromatic carbocycles. The Bertz CT molecular complexity index is 646. The Balaban J connectivity index is 1.54. The van der Waals surface area contributed by atoms with Gasteiger partial charge in [-0.25, -0.2) is 4.98 Å². The maximum absolute atomic E-state index is 4.78. The van der Waals surface area contributed by atoms with Gasteiger partial charge in [0.1, 0.15) is 5.82 Å². The number of anilines is 1. The van der Waals surface area contributed by atoms with E-state index >= 15 is 0 Å². The normalized spacial score (nSPS) is 22.2. The number of hydrogen-bond donors (Lipinski definition) is 0. The first-order chi connectivity index (χ1) is 10.3. The molecule has 0 bridgehead atoms. The van der Waals surface area contributed by atoms with Crippen LogP contribution in [-0.2, 0) is 0 Å². The van der Waals surface area contributed by atoms with Crippen LogP contribution in [0.1, 0.15) is 25.7 Å². The summed E-state index contributed by atoms with van der Waals surface area (Å²) in [6, 6.07) is 8.10. The van der Waals surface area contributed by atoms with Crippen LogP contribution in [0.2, 0.25) is 0 Å². The fourth-order valence-corrected chi connectivity index (χ4v) is 3.96. The molecule has 0 atom stereocenters. The van der Waals surface area contributed by atoms with Gasteiger partial charge < -0.3 is 9.80 Å². The third kappa shape index (κ3) is 2.18. The second kappa shape index (κ2) is 4.95. The Morgan fingerprint density at radius 2 is 1.76 bits per heavy atom. The van der Waals surface area contributed by atoms with E-state index in [4.69, 9.17) is 4.98 Å². The lowest BCUT2D eigenvalue weighted by atomic mass is 9.85. The number of rotatable bonds is 1. The minimum atomic E-state index is 0.459. The van der Waals surface area contributed by atoms with Crippen LogP contribution in [-0.4, -0.2) is 47.1 Å². The van der Waals surface area contributed by atoms with Crippen molar-refractivity contribution in [2.75, 3.05) is 31.6 Å². The van der Waals surface area contributed by atoms with Gasteiger partial charge in [0.05, 0.1) is 17.2 Å². The van der Waals surface area contributed by atoms with Gasteiger partial charge in [-0.2, -0.15) is 0 Å². The lowest BCUT2D eigenvalue weighted by molar-refractivity contribution is 0.137. The van der Waals surface area contributed by atoms with Crippen molar-refractivity contribution < 1.29 is 0 Å². The highest BCUT2D eigenvalue weighted by molar-refractivity contribution is 5.75. The van der Waals surface area contributed by atoms with E-state index in [0.29, 0.717) is 5.54 Å². The number of benzene rings is 1. The molecule has 0 saturated carbocycles. The Kier molecular flexibility index (Phi) is 3.07. The van der Waals surface area contributed by atoms with Gasteiger partial charge >= 0.3 is 0 Å². The molecule has 21 heavy (non-hydrogen) atoms. The summed E-state index contributed by atoms with van der Waals surface area (Å²) in [7, 11) is 2.29. The molecule has 2 aromatic rings. The number of fused-ring (bicyclic) bond motifs is 1. The first-order valence-corrected chi connectivity index (χ1v) is 7.95. The zero-order valence-corrected chi connectivity index (χ0v) is 12.6. The monoisotopic (exact) mass is 282 g/mol. The fraction of sp³-hybridized carbons (Fsp3) is 0.529. The standard InChI is InChI=1S/C17H22N4/c1-20-10-4-7-17(20)8-11-21(12-9-17)16-13-18-14-5-2-3-6-15(14)19-16/h2-3,5-6,13H,4,7-12H2,1H3. The number of piperidine rings is 1. The van der Waals surface area contributed by atoms with Crippen LogP contribution in [0.25, 0.3) is 11.0 Å². The van der Waals surface area contributed by atoms with Crippen molar-refractivity contribution in [1.82, 2.24) is 14.9 Å². The molecule has 1 spiro atoms. The molecule has 2 saturated heterocycles. The van der Waals surface area contributed by atoms with Crippen molar-refractivity contribution in [2.24, 2.45) is 0 Å². The molecule has 0 radical (unpaired) electrons. The number of likely N-dealkylation sites (tertiary alicyclic amines) is 1. The Labute approximate surface area is 125 Å².